The van der Waals surface area contributed by atoms with Gasteiger partial charge < -0.3 is 26.2 Å². The summed E-state index contributed by atoms with van der Waals surface area (Å²) in [7, 11) is 0. The summed E-state index contributed by atoms with van der Waals surface area (Å²) in [6.45, 7) is 2.96. The molecule has 1 atom stereocenters. The Morgan fingerprint density at radius 2 is 1.78 bits per heavy atom. The van der Waals surface area contributed by atoms with E-state index in [0.717, 1.165) is 0 Å². The van der Waals surface area contributed by atoms with Crippen molar-refractivity contribution in [2.75, 3.05) is 13.2 Å². The topological polar surface area (TPSA) is 128 Å². The molecule has 0 aliphatic heterocycles. The molecule has 8 heteroatoms. The number of amides is 3. The molecule has 0 saturated heterocycles. The van der Waals surface area contributed by atoms with Gasteiger partial charge in [-0.1, -0.05) is 0 Å². The van der Waals surface area contributed by atoms with E-state index in [1.54, 1.807) is 13.8 Å². The molecule has 3 amide bonds. The predicted octanol–water partition coefficient (Wildman–Crippen LogP) is -1.35. The summed E-state index contributed by atoms with van der Waals surface area (Å²) in [5, 5.41) is 24.3. The molecule has 0 heterocycles. The molecule has 5 N–H and O–H groups in total. The third kappa shape index (κ3) is 7.44. The van der Waals surface area contributed by atoms with Crippen molar-refractivity contribution < 1.29 is 24.6 Å². The molecule has 8 nitrogen and oxygen atoms in total. The van der Waals surface area contributed by atoms with Gasteiger partial charge in [-0.15, -0.1) is 0 Å². The highest BCUT2D eigenvalue weighted by molar-refractivity contribution is 5.86. The van der Waals surface area contributed by atoms with Gasteiger partial charge in [0.25, 0.3) is 0 Å². The zero-order chi connectivity index (χ0) is 14.1. The van der Waals surface area contributed by atoms with E-state index in [1.807, 2.05) is 0 Å². The van der Waals surface area contributed by atoms with Crippen LogP contribution in [0.1, 0.15) is 20.3 Å². The number of carboxylic acids is 1. The maximum atomic E-state index is 11.3. The van der Waals surface area contributed by atoms with Crippen molar-refractivity contribution in [3.63, 3.8) is 0 Å². The van der Waals surface area contributed by atoms with Crippen molar-refractivity contribution in [1.29, 1.82) is 0 Å². The molecule has 0 unspecified atom stereocenters. The minimum absolute atomic E-state index is 0.0384. The molecule has 0 aliphatic rings. The minimum Gasteiger partial charge on any atom is -0.480 e. The van der Waals surface area contributed by atoms with Crippen molar-refractivity contribution >= 4 is 17.9 Å². The normalized spacial score (nSPS) is 11.8. The fourth-order valence-electron chi connectivity index (χ4n) is 1.13. The van der Waals surface area contributed by atoms with Gasteiger partial charge in [0.05, 0.1) is 6.54 Å². The Hall–Kier alpha value is -1.83. The van der Waals surface area contributed by atoms with Crippen molar-refractivity contribution in [2.24, 2.45) is 0 Å². The highest BCUT2D eigenvalue weighted by Crippen LogP contribution is 1.90. The molecular formula is C10H19N3O5. The highest BCUT2D eigenvalue weighted by Gasteiger charge is 2.19. The second-order valence-electron chi connectivity index (χ2n) is 3.95. The van der Waals surface area contributed by atoms with E-state index in [4.69, 9.17) is 10.2 Å². The molecule has 0 radical (unpaired) electrons. The van der Waals surface area contributed by atoms with Crippen molar-refractivity contribution in [3.8, 4) is 0 Å². The lowest BCUT2D eigenvalue weighted by molar-refractivity contribution is -0.139. The monoisotopic (exact) mass is 261 g/mol. The molecular weight excluding hydrogens is 242 g/mol. The molecule has 0 aliphatic carbocycles. The Morgan fingerprint density at radius 1 is 1.17 bits per heavy atom. The van der Waals surface area contributed by atoms with Crippen LogP contribution in [0.2, 0.25) is 0 Å². The maximum Gasteiger partial charge on any atom is 0.326 e. The van der Waals surface area contributed by atoms with E-state index in [-0.39, 0.29) is 31.5 Å². The van der Waals surface area contributed by atoms with E-state index < -0.39 is 18.0 Å². The second kappa shape index (κ2) is 8.29. The molecule has 104 valence electrons. The Labute approximate surface area is 105 Å². The van der Waals surface area contributed by atoms with Gasteiger partial charge in [-0.2, -0.15) is 0 Å². The fraction of sp³-hybridized carbons (Fsp3) is 0.700. The summed E-state index contributed by atoms with van der Waals surface area (Å²) < 4.78 is 0. The third-order valence-electron chi connectivity index (χ3n) is 1.88. The van der Waals surface area contributed by atoms with Crippen molar-refractivity contribution in [2.45, 2.75) is 32.4 Å². The van der Waals surface area contributed by atoms with Gasteiger partial charge >= 0.3 is 12.0 Å². The lowest BCUT2D eigenvalue weighted by Crippen LogP contribution is -2.49. The van der Waals surface area contributed by atoms with Crippen LogP contribution in [0.3, 0.4) is 0 Å². The minimum atomic E-state index is -1.24. The van der Waals surface area contributed by atoms with Crippen LogP contribution in [0.4, 0.5) is 4.79 Å². The summed E-state index contributed by atoms with van der Waals surface area (Å²) >= 11 is 0. The summed E-state index contributed by atoms with van der Waals surface area (Å²) in [4.78, 5) is 33.1. The van der Waals surface area contributed by atoms with E-state index in [1.165, 1.54) is 0 Å². The number of nitrogens with one attached hydrogen (secondary N) is 3. The van der Waals surface area contributed by atoms with E-state index >= 15 is 0 Å². The third-order valence-corrected chi connectivity index (χ3v) is 1.88. The zero-order valence-corrected chi connectivity index (χ0v) is 10.4. The van der Waals surface area contributed by atoms with E-state index in [9.17, 15) is 14.4 Å². The van der Waals surface area contributed by atoms with E-state index in [0.29, 0.717) is 0 Å². The molecule has 0 aromatic heterocycles. The molecule has 0 fully saturated rings. The Bertz CT molecular complexity index is 306. The zero-order valence-electron chi connectivity index (χ0n) is 10.4. The van der Waals surface area contributed by atoms with Crippen LogP contribution in [0.15, 0.2) is 0 Å². The number of aliphatic carboxylic acids is 1. The summed E-state index contributed by atoms with van der Waals surface area (Å²) in [5.74, 6) is -1.61. The second-order valence-corrected chi connectivity index (χ2v) is 3.95. The summed E-state index contributed by atoms with van der Waals surface area (Å²) in [6.07, 6.45) is -0.0963. The van der Waals surface area contributed by atoms with Gasteiger partial charge in [-0.25, -0.2) is 9.59 Å². The Kier molecular flexibility index (Phi) is 7.45. The summed E-state index contributed by atoms with van der Waals surface area (Å²) in [6, 6.07) is -1.98. The lowest BCUT2D eigenvalue weighted by atomic mass is 10.2. The highest BCUT2D eigenvalue weighted by atomic mass is 16.4. The molecule has 0 aromatic rings. The SMILES string of the molecule is CC(C)NC(=O)CNC(=O)N[C@@H](CCO)C(=O)O. The molecule has 0 bridgehead atoms. The predicted molar refractivity (Wildman–Crippen MR) is 62.9 cm³/mol. The number of aliphatic hydroxyl groups is 1. The first kappa shape index (κ1) is 16.2. The molecule has 0 saturated carbocycles. The van der Waals surface area contributed by atoms with Crippen LogP contribution < -0.4 is 16.0 Å². The van der Waals surface area contributed by atoms with E-state index in [2.05, 4.69) is 16.0 Å². The lowest BCUT2D eigenvalue weighted by Gasteiger charge is -2.14. The quantitative estimate of drug-likeness (QED) is 0.387. The van der Waals surface area contributed by atoms with Crippen molar-refractivity contribution in [3.05, 3.63) is 0 Å². The van der Waals surface area contributed by atoms with Gasteiger partial charge in [-0.05, 0) is 13.8 Å². The van der Waals surface area contributed by atoms with Gasteiger partial charge in [-0.3, -0.25) is 4.79 Å². The Morgan fingerprint density at radius 3 is 2.22 bits per heavy atom. The first-order chi connectivity index (χ1) is 8.36. The fourth-order valence-corrected chi connectivity index (χ4v) is 1.13. The standard InChI is InChI=1S/C10H19N3O5/c1-6(2)12-8(15)5-11-10(18)13-7(3-4-14)9(16)17/h6-7,14H,3-5H2,1-2H3,(H,12,15)(H,16,17)(H2,11,13,18)/t7-/m0/s1. The average molecular weight is 261 g/mol. The van der Waals surface area contributed by atoms with Gasteiger partial charge in [0.15, 0.2) is 0 Å². The van der Waals surface area contributed by atoms with Crippen LogP contribution in [-0.4, -0.2) is 53.4 Å². The van der Waals surface area contributed by atoms with Crippen molar-refractivity contribution in [1.82, 2.24) is 16.0 Å². The number of carbonyl (C=O) groups excluding carboxylic acids is 2. The summed E-state index contributed by atoms with van der Waals surface area (Å²) in [5.41, 5.74) is 0. The number of hydrogen-bond donors (Lipinski definition) is 5. The Balaban J connectivity index is 4.02. The molecule has 18 heavy (non-hydrogen) atoms. The largest absolute Gasteiger partial charge is 0.480 e. The van der Waals surface area contributed by atoms with Crippen LogP contribution in [0.5, 0.6) is 0 Å². The van der Waals surface area contributed by atoms with Crippen LogP contribution in [0, 0.1) is 0 Å². The van der Waals surface area contributed by atoms with Gasteiger partial charge in [0, 0.05) is 19.1 Å². The van der Waals surface area contributed by atoms with Crippen LogP contribution in [0.25, 0.3) is 0 Å². The number of aliphatic hydroxyl groups excluding tert-OH is 1. The first-order valence-electron chi connectivity index (χ1n) is 5.54. The molecule has 0 spiro atoms. The van der Waals surface area contributed by atoms with Gasteiger partial charge in [0.1, 0.15) is 6.04 Å². The smallest absolute Gasteiger partial charge is 0.326 e. The number of hydrogen-bond acceptors (Lipinski definition) is 4. The number of urea groups is 1. The number of carbonyl (C=O) groups is 3. The molecule has 0 rings (SSSR count). The average Bonchev–Trinajstić information content (AvgIpc) is 2.24. The van der Waals surface area contributed by atoms with Crippen LogP contribution in [-0.2, 0) is 9.59 Å². The van der Waals surface area contributed by atoms with Gasteiger partial charge in [0.2, 0.25) is 5.91 Å². The van der Waals surface area contributed by atoms with Crippen LogP contribution >= 0.6 is 0 Å². The number of rotatable bonds is 7. The molecule has 0 aromatic carbocycles. The first-order valence-corrected chi connectivity index (χ1v) is 5.54. The number of carboxylic acid groups (broad SMARTS) is 1. The maximum absolute atomic E-state index is 11.3.